The summed E-state index contributed by atoms with van der Waals surface area (Å²) in [6, 6.07) is 6.65. The quantitative estimate of drug-likeness (QED) is 0.160. The van der Waals surface area contributed by atoms with Crippen LogP contribution in [-0.2, 0) is 36.8 Å². The van der Waals surface area contributed by atoms with Crippen LogP contribution in [0.15, 0.2) is 41.7 Å². The molecule has 0 bridgehead atoms. The predicted molar refractivity (Wildman–Crippen MR) is 239 cm³/mol. The van der Waals surface area contributed by atoms with E-state index in [-0.39, 0.29) is 29.1 Å². The minimum Gasteiger partial charge on any atom is -0.392 e. The molecule has 9 nitrogen and oxygen atoms in total. The number of aliphatic hydroxyl groups is 2. The van der Waals surface area contributed by atoms with Gasteiger partial charge in [-0.05, 0) is 128 Å². The van der Waals surface area contributed by atoms with E-state index in [1.165, 1.54) is 5.56 Å². The summed E-state index contributed by atoms with van der Waals surface area (Å²) in [4.78, 5) is 46.0. The van der Waals surface area contributed by atoms with Gasteiger partial charge in [-0.25, -0.2) is 0 Å². The van der Waals surface area contributed by atoms with E-state index < -0.39 is 51.3 Å². The maximum absolute atomic E-state index is 15.3. The summed E-state index contributed by atoms with van der Waals surface area (Å²) in [5, 5.41) is 25.5. The van der Waals surface area contributed by atoms with Crippen LogP contribution in [0, 0.1) is 51.8 Å². The number of nitrogens with one attached hydrogen (secondary N) is 1. The average molecular weight is 847 g/mol. The molecular weight excluding hydrogens is 777 g/mol. The number of aromatic amines is 1. The maximum atomic E-state index is 15.3. The molecule has 334 valence electrons. The normalized spacial score (nSPS) is 38.6. The molecule has 3 saturated carbocycles. The number of hydrogen-bond acceptors (Lipinski definition) is 7. The van der Waals surface area contributed by atoms with Crippen LogP contribution in [0.3, 0.4) is 0 Å². The van der Waals surface area contributed by atoms with Crippen molar-refractivity contribution in [3.05, 3.63) is 69.6 Å². The molecular formula is C53H70N2O7. The molecule has 62 heavy (non-hydrogen) atoms. The molecule has 11 atom stereocenters. The molecule has 0 amide bonds. The van der Waals surface area contributed by atoms with Gasteiger partial charge in [0, 0.05) is 72.9 Å². The molecule has 7 aliphatic rings. The van der Waals surface area contributed by atoms with Crippen LogP contribution in [0.25, 0.3) is 11.0 Å². The number of Topliss-reactive ketones (excluding diaryl/α,β-unsaturated/α-hetero) is 2. The number of carbonyl (C=O) groups is 3. The molecule has 2 aromatic heterocycles. The second-order valence-electron chi connectivity index (χ2n) is 23.4. The number of aldehydes is 1. The molecule has 3 aliphatic heterocycles. The molecule has 5 fully saturated rings. The van der Waals surface area contributed by atoms with Gasteiger partial charge in [0.1, 0.15) is 18.2 Å². The first-order chi connectivity index (χ1) is 29.2. The highest BCUT2D eigenvalue weighted by Gasteiger charge is 2.72. The van der Waals surface area contributed by atoms with Gasteiger partial charge >= 0.3 is 0 Å². The number of nitrogens with zero attached hydrogens (tertiary/aromatic N) is 1. The third-order valence-corrected chi connectivity index (χ3v) is 19.1. The highest BCUT2D eigenvalue weighted by molar-refractivity contribution is 6.02. The molecule has 11 unspecified atom stereocenters. The van der Waals surface area contributed by atoms with E-state index in [4.69, 9.17) is 9.47 Å². The number of ketones is 2. The van der Waals surface area contributed by atoms with E-state index in [0.717, 1.165) is 96.0 Å². The van der Waals surface area contributed by atoms with E-state index in [1.54, 1.807) is 0 Å². The van der Waals surface area contributed by atoms with Crippen LogP contribution in [-0.4, -0.2) is 74.7 Å². The van der Waals surface area contributed by atoms with Gasteiger partial charge in [0.15, 0.2) is 5.78 Å². The Labute approximate surface area is 367 Å². The van der Waals surface area contributed by atoms with E-state index >= 15 is 4.79 Å². The lowest BCUT2D eigenvalue weighted by atomic mass is 9.34. The summed E-state index contributed by atoms with van der Waals surface area (Å²) in [7, 11) is 0. The van der Waals surface area contributed by atoms with E-state index in [2.05, 4.69) is 88.6 Å². The lowest BCUT2D eigenvalue weighted by molar-refractivity contribution is -0.220. The van der Waals surface area contributed by atoms with Crippen molar-refractivity contribution in [3.8, 4) is 0 Å². The zero-order valence-electron chi connectivity index (χ0n) is 38.7. The maximum Gasteiger partial charge on any atom is 0.160 e. The highest BCUT2D eigenvalue weighted by Crippen LogP contribution is 2.75. The van der Waals surface area contributed by atoms with Crippen molar-refractivity contribution in [1.29, 1.82) is 0 Å². The topological polar surface area (TPSA) is 134 Å². The van der Waals surface area contributed by atoms with Crippen LogP contribution in [0.4, 0.5) is 0 Å². The van der Waals surface area contributed by atoms with Gasteiger partial charge in [0.2, 0.25) is 0 Å². The standard InChI is InChI=1S/C53H70N2O7/c1-29-20-32(30-13-18-61-19-14-30)22-33(21-29)36(28-56)34-26-55-27-35-41-42(50(6,23-38(58)47-49(4,5)62-47)15-10-31-25-54-43(34)44(31)55)37(57)24-53(41,9)52(8)17-11-39-48(2,3)40(59)12-16-51(39,7)46(52)45(35)60/h20-22,25-26,28,30,35-36,38-39,45-47,54,58,60H,10-19,23-24,27H2,1-9H3. The Morgan fingerprint density at radius 2 is 1.69 bits per heavy atom. The number of rotatable bonds is 7. The number of ether oxygens (including phenoxy) is 2. The monoisotopic (exact) mass is 847 g/mol. The molecule has 9 heteroatoms. The van der Waals surface area contributed by atoms with Crippen molar-refractivity contribution in [1.82, 2.24) is 9.55 Å². The van der Waals surface area contributed by atoms with Crippen molar-refractivity contribution >= 4 is 28.9 Å². The van der Waals surface area contributed by atoms with Gasteiger partial charge in [-0.2, -0.15) is 0 Å². The van der Waals surface area contributed by atoms with E-state index in [0.29, 0.717) is 50.4 Å². The minimum atomic E-state index is -0.788. The largest absolute Gasteiger partial charge is 0.392 e. The van der Waals surface area contributed by atoms with Crippen molar-refractivity contribution in [2.24, 2.45) is 44.8 Å². The molecule has 0 radical (unpaired) electrons. The van der Waals surface area contributed by atoms with Crippen LogP contribution < -0.4 is 0 Å². The molecule has 10 rings (SSSR count). The fourth-order valence-electron chi connectivity index (χ4n) is 15.8. The SMILES string of the molecule is Cc1cc(C2CCOCC2)cc(C(C=O)c2cn3c4c(c[nH]c24)CCC(C)(CC(O)C2OC2(C)C)C2=C4C(C3)C(O)C3C5(C)CCC(=O)C(C)(C)C5CCC3(C)C4(C)CC2=O)c1. The lowest BCUT2D eigenvalue weighted by Gasteiger charge is -2.70. The number of hydrogen-bond donors (Lipinski definition) is 3. The Bertz CT molecular complexity index is 2400. The van der Waals surface area contributed by atoms with Gasteiger partial charge < -0.3 is 34.0 Å². The van der Waals surface area contributed by atoms with Crippen molar-refractivity contribution in [2.75, 3.05) is 13.2 Å². The first-order valence-corrected chi connectivity index (χ1v) is 23.9. The third kappa shape index (κ3) is 5.95. The number of fused-ring (bicyclic) bond motifs is 4. The number of benzene rings is 1. The number of aryl methyl sites for hydroxylation is 2. The summed E-state index contributed by atoms with van der Waals surface area (Å²) in [5.41, 5.74) is 6.41. The summed E-state index contributed by atoms with van der Waals surface area (Å²) < 4.78 is 14.0. The lowest BCUT2D eigenvalue weighted by Crippen LogP contribution is -2.67. The van der Waals surface area contributed by atoms with Gasteiger partial charge in [0.05, 0.1) is 34.8 Å². The van der Waals surface area contributed by atoms with Gasteiger partial charge in [-0.15, -0.1) is 0 Å². The molecule has 1 aromatic carbocycles. The van der Waals surface area contributed by atoms with Crippen LogP contribution in [0.5, 0.6) is 0 Å². The minimum absolute atomic E-state index is 0.117. The second kappa shape index (κ2) is 14.1. The van der Waals surface area contributed by atoms with E-state index in [1.807, 2.05) is 13.8 Å². The number of aromatic nitrogens is 2. The summed E-state index contributed by atoms with van der Waals surface area (Å²) in [6.45, 7) is 21.6. The van der Waals surface area contributed by atoms with E-state index in [9.17, 15) is 19.8 Å². The number of aliphatic hydroxyl groups excluding tert-OH is 2. The zero-order valence-corrected chi connectivity index (χ0v) is 38.7. The molecule has 4 aliphatic carbocycles. The Morgan fingerprint density at radius 3 is 2.39 bits per heavy atom. The molecule has 0 spiro atoms. The molecule has 3 N–H and O–H groups in total. The second-order valence-corrected chi connectivity index (χ2v) is 23.4. The number of allylic oxidation sites excluding steroid dienone is 1. The summed E-state index contributed by atoms with van der Waals surface area (Å²) in [6.07, 6.45) is 10.4. The smallest absolute Gasteiger partial charge is 0.160 e. The average Bonchev–Trinajstić information content (AvgIpc) is 3.46. The molecule has 3 aromatic rings. The third-order valence-electron chi connectivity index (χ3n) is 19.1. The van der Waals surface area contributed by atoms with Gasteiger partial charge in [-0.1, -0.05) is 65.3 Å². The van der Waals surface area contributed by atoms with Crippen LogP contribution in [0.1, 0.15) is 153 Å². The Hall–Kier alpha value is -3.37. The molecule has 5 heterocycles. The first-order valence-electron chi connectivity index (χ1n) is 23.9. The Kier molecular flexibility index (Phi) is 9.66. The van der Waals surface area contributed by atoms with Gasteiger partial charge in [-0.3, -0.25) is 9.59 Å². The van der Waals surface area contributed by atoms with Crippen LogP contribution >= 0.6 is 0 Å². The number of H-pyrrole nitrogens is 1. The summed E-state index contributed by atoms with van der Waals surface area (Å²) >= 11 is 0. The Balaban J connectivity index is 1.15. The fourth-order valence-corrected chi connectivity index (χ4v) is 15.8. The van der Waals surface area contributed by atoms with Crippen molar-refractivity contribution in [2.45, 2.75) is 169 Å². The number of epoxide rings is 1. The van der Waals surface area contributed by atoms with Crippen LogP contribution in [0.2, 0.25) is 0 Å². The summed E-state index contributed by atoms with van der Waals surface area (Å²) in [5.74, 6) is -0.0959. The van der Waals surface area contributed by atoms with Crippen molar-refractivity contribution in [3.63, 3.8) is 0 Å². The fraction of sp³-hybridized carbons (Fsp3) is 0.679. The Morgan fingerprint density at radius 1 is 0.968 bits per heavy atom. The van der Waals surface area contributed by atoms with Crippen molar-refractivity contribution < 1.29 is 34.1 Å². The highest BCUT2D eigenvalue weighted by atomic mass is 16.6. The first kappa shape index (κ1) is 42.6. The number of carbonyl (C=O) groups excluding carboxylic acids is 3. The van der Waals surface area contributed by atoms with Gasteiger partial charge in [0.25, 0.3) is 0 Å². The molecule has 2 saturated heterocycles. The predicted octanol–water partition coefficient (Wildman–Crippen LogP) is 9.08. The zero-order chi connectivity index (χ0) is 44.1.